The molecule has 0 saturated carbocycles. The lowest BCUT2D eigenvalue weighted by molar-refractivity contribution is -0.249. The molecule has 8 nitrogen and oxygen atoms in total. The Morgan fingerprint density at radius 1 is 1.33 bits per heavy atom. The van der Waals surface area contributed by atoms with Gasteiger partial charge in [-0.05, 0) is 44.5 Å². The number of hydrogen-bond acceptors (Lipinski definition) is 7. The van der Waals surface area contributed by atoms with E-state index >= 15 is 0 Å². The SMILES string of the molecule is Cc1cc(OCF)cnc1C(=O)Nc1ccc(F)c([C@]2(C)CO[C@@](C)(C(F)(F)F)C(N)=N2)n1. The van der Waals surface area contributed by atoms with Gasteiger partial charge < -0.3 is 20.5 Å². The topological polar surface area (TPSA) is 112 Å². The summed E-state index contributed by atoms with van der Waals surface area (Å²) in [6, 6.07) is 3.54. The van der Waals surface area contributed by atoms with Crippen LogP contribution in [-0.2, 0) is 10.3 Å². The Kier molecular flexibility index (Phi) is 6.29. The zero-order valence-electron chi connectivity index (χ0n) is 17.8. The normalized spacial score (nSPS) is 23.1. The summed E-state index contributed by atoms with van der Waals surface area (Å²) >= 11 is 0. The summed E-state index contributed by atoms with van der Waals surface area (Å²) in [5.41, 5.74) is 1.02. The molecule has 0 aromatic carbocycles. The number of nitrogens with two attached hydrogens (primary N) is 1. The lowest BCUT2D eigenvalue weighted by atomic mass is 9.93. The molecule has 1 amide bonds. The molecule has 33 heavy (non-hydrogen) atoms. The summed E-state index contributed by atoms with van der Waals surface area (Å²) < 4.78 is 76.5. The predicted molar refractivity (Wildman–Crippen MR) is 107 cm³/mol. The number of carbonyl (C=O) groups is 1. The fraction of sp³-hybridized carbons (Fsp3) is 0.400. The maximum Gasteiger partial charge on any atom is 0.424 e. The number of amides is 1. The number of ether oxygens (including phenoxy) is 2. The Bertz CT molecular complexity index is 1110. The number of amidine groups is 1. The highest BCUT2D eigenvalue weighted by atomic mass is 19.4. The predicted octanol–water partition coefficient (Wildman–Crippen LogP) is 3.41. The Morgan fingerprint density at radius 3 is 2.61 bits per heavy atom. The molecule has 0 unspecified atom stereocenters. The molecule has 2 atom stereocenters. The van der Waals surface area contributed by atoms with Crippen LogP contribution in [0.1, 0.15) is 35.6 Å². The molecule has 1 aliphatic rings. The molecule has 0 bridgehead atoms. The van der Waals surface area contributed by atoms with Crippen molar-refractivity contribution in [1.29, 1.82) is 0 Å². The average Bonchev–Trinajstić information content (AvgIpc) is 2.72. The van der Waals surface area contributed by atoms with Gasteiger partial charge in [-0.3, -0.25) is 9.79 Å². The van der Waals surface area contributed by atoms with Gasteiger partial charge in [0.25, 0.3) is 5.91 Å². The van der Waals surface area contributed by atoms with E-state index in [2.05, 4.69) is 25.0 Å². The van der Waals surface area contributed by atoms with Crippen LogP contribution in [0.25, 0.3) is 0 Å². The van der Waals surface area contributed by atoms with Crippen LogP contribution in [0, 0.1) is 12.7 Å². The van der Waals surface area contributed by atoms with Crippen molar-refractivity contribution in [2.24, 2.45) is 10.7 Å². The summed E-state index contributed by atoms with van der Waals surface area (Å²) in [6.07, 6.45) is -3.68. The molecule has 0 aliphatic carbocycles. The van der Waals surface area contributed by atoms with E-state index in [0.717, 1.165) is 25.3 Å². The van der Waals surface area contributed by atoms with E-state index in [-0.39, 0.29) is 23.0 Å². The minimum Gasteiger partial charge on any atom is -0.461 e. The average molecular weight is 473 g/mol. The third-order valence-corrected chi connectivity index (χ3v) is 5.13. The molecule has 3 rings (SSSR count). The van der Waals surface area contributed by atoms with Crippen molar-refractivity contribution in [3.05, 3.63) is 47.2 Å². The van der Waals surface area contributed by atoms with Gasteiger partial charge in [-0.1, -0.05) is 0 Å². The van der Waals surface area contributed by atoms with E-state index in [9.17, 15) is 26.7 Å². The number of carbonyl (C=O) groups excluding carboxylic acids is 1. The summed E-state index contributed by atoms with van der Waals surface area (Å²) in [4.78, 5) is 24.4. The number of aromatic nitrogens is 2. The summed E-state index contributed by atoms with van der Waals surface area (Å²) in [7, 11) is 0. The zero-order valence-corrected chi connectivity index (χ0v) is 17.8. The number of halogens is 5. The van der Waals surface area contributed by atoms with E-state index in [1.54, 1.807) is 6.92 Å². The zero-order chi connectivity index (χ0) is 24.6. The molecule has 178 valence electrons. The van der Waals surface area contributed by atoms with Crippen LogP contribution in [0.15, 0.2) is 29.4 Å². The van der Waals surface area contributed by atoms with Crippen LogP contribution in [0.3, 0.4) is 0 Å². The van der Waals surface area contributed by atoms with Crippen molar-refractivity contribution in [2.75, 3.05) is 18.8 Å². The summed E-state index contributed by atoms with van der Waals surface area (Å²) in [6.45, 7) is 1.85. The van der Waals surface area contributed by atoms with Crippen LogP contribution in [-0.4, -0.2) is 47.0 Å². The van der Waals surface area contributed by atoms with Gasteiger partial charge in [-0.15, -0.1) is 0 Å². The molecule has 1 aliphatic heterocycles. The smallest absolute Gasteiger partial charge is 0.424 e. The molecule has 0 spiro atoms. The van der Waals surface area contributed by atoms with Crippen LogP contribution >= 0.6 is 0 Å². The molecular weight excluding hydrogens is 453 g/mol. The standard InChI is InChI=1S/C20H20F5N5O3/c1-10-6-11(32-9-21)7-27-14(10)16(31)29-13-5-4-12(22)15(28-13)18(2)8-33-19(3,17(26)30-18)20(23,24)25/h4-7H,8-9H2,1-3H3,(H2,26,30)(H,28,29,31)/t18-,19+/m0/s1. The van der Waals surface area contributed by atoms with E-state index < -0.39 is 48.3 Å². The minimum absolute atomic E-state index is 0.0238. The maximum atomic E-state index is 14.6. The number of rotatable bonds is 5. The van der Waals surface area contributed by atoms with E-state index in [4.69, 9.17) is 10.5 Å². The van der Waals surface area contributed by atoms with Crippen molar-refractivity contribution in [1.82, 2.24) is 9.97 Å². The minimum atomic E-state index is -4.83. The largest absolute Gasteiger partial charge is 0.461 e. The highest BCUT2D eigenvalue weighted by molar-refractivity contribution is 6.03. The Balaban J connectivity index is 1.90. The van der Waals surface area contributed by atoms with Gasteiger partial charge >= 0.3 is 6.18 Å². The monoisotopic (exact) mass is 473 g/mol. The lowest BCUT2D eigenvalue weighted by Gasteiger charge is -2.40. The number of nitrogens with zero attached hydrogens (tertiary/aromatic N) is 3. The molecular formula is C20H20F5N5O3. The second kappa shape index (κ2) is 8.54. The van der Waals surface area contributed by atoms with E-state index in [0.29, 0.717) is 5.56 Å². The van der Waals surface area contributed by atoms with Crippen LogP contribution in [0.4, 0.5) is 27.8 Å². The lowest BCUT2D eigenvalue weighted by Crippen LogP contribution is -2.60. The molecule has 3 N–H and O–H groups in total. The van der Waals surface area contributed by atoms with Crippen molar-refractivity contribution in [2.45, 2.75) is 38.1 Å². The van der Waals surface area contributed by atoms with Gasteiger partial charge in [0, 0.05) is 0 Å². The Hall–Kier alpha value is -3.35. The van der Waals surface area contributed by atoms with Crippen LogP contribution < -0.4 is 15.8 Å². The first-order valence-corrected chi connectivity index (χ1v) is 9.51. The second-order valence-corrected chi connectivity index (χ2v) is 7.66. The van der Waals surface area contributed by atoms with Gasteiger partial charge in [-0.2, -0.15) is 13.2 Å². The van der Waals surface area contributed by atoms with Gasteiger partial charge in [0.2, 0.25) is 12.5 Å². The van der Waals surface area contributed by atoms with Crippen molar-refractivity contribution in [3.8, 4) is 5.75 Å². The number of nitrogens with one attached hydrogen (secondary N) is 1. The molecule has 3 heterocycles. The molecule has 2 aromatic rings. The van der Waals surface area contributed by atoms with Crippen molar-refractivity contribution < 1.29 is 36.2 Å². The molecule has 0 radical (unpaired) electrons. The number of pyridine rings is 2. The quantitative estimate of drug-likeness (QED) is 0.644. The van der Waals surface area contributed by atoms with Crippen molar-refractivity contribution in [3.63, 3.8) is 0 Å². The second-order valence-electron chi connectivity index (χ2n) is 7.66. The molecule has 0 fully saturated rings. The maximum absolute atomic E-state index is 14.6. The number of hydrogen-bond donors (Lipinski definition) is 2. The van der Waals surface area contributed by atoms with Gasteiger partial charge in [0.05, 0.1) is 12.8 Å². The molecule has 0 saturated heterocycles. The first kappa shape index (κ1) is 24.3. The van der Waals surface area contributed by atoms with Gasteiger partial charge in [0.1, 0.15) is 40.1 Å². The first-order valence-electron chi connectivity index (χ1n) is 9.51. The third kappa shape index (κ3) is 4.58. The first-order chi connectivity index (χ1) is 15.3. The summed E-state index contributed by atoms with van der Waals surface area (Å²) in [5.74, 6) is -2.45. The fourth-order valence-electron chi connectivity index (χ4n) is 3.11. The third-order valence-electron chi connectivity index (χ3n) is 5.13. The Labute approximate surface area is 185 Å². The van der Waals surface area contributed by atoms with E-state index in [1.807, 2.05) is 0 Å². The number of alkyl halides is 4. The molecule has 2 aromatic heterocycles. The number of aryl methyl sites for hydroxylation is 1. The van der Waals surface area contributed by atoms with Gasteiger partial charge in [-0.25, -0.2) is 18.7 Å². The van der Waals surface area contributed by atoms with Crippen LogP contribution in [0.5, 0.6) is 5.75 Å². The van der Waals surface area contributed by atoms with Gasteiger partial charge in [0.15, 0.2) is 0 Å². The van der Waals surface area contributed by atoms with E-state index in [1.165, 1.54) is 13.0 Å². The highest BCUT2D eigenvalue weighted by Gasteiger charge is 2.59. The van der Waals surface area contributed by atoms with Crippen LogP contribution in [0.2, 0.25) is 0 Å². The fourth-order valence-corrected chi connectivity index (χ4v) is 3.11. The molecule has 13 heteroatoms. The Morgan fingerprint density at radius 2 is 2.03 bits per heavy atom. The number of aliphatic imine (C=N–C) groups is 1. The summed E-state index contributed by atoms with van der Waals surface area (Å²) in [5, 5.41) is 2.43. The van der Waals surface area contributed by atoms with Crippen molar-refractivity contribution >= 4 is 17.6 Å². The highest BCUT2D eigenvalue weighted by Crippen LogP contribution is 2.41. The number of anilines is 1.